The van der Waals surface area contributed by atoms with Crippen molar-refractivity contribution in [2.75, 3.05) is 11.9 Å². The van der Waals surface area contributed by atoms with Gasteiger partial charge in [0.15, 0.2) is 24.3 Å². The van der Waals surface area contributed by atoms with Crippen molar-refractivity contribution >= 4 is 22.9 Å². The number of hydrogen-bond acceptors (Lipinski definition) is 3. The standard InChI is InChI=1S/C30H39FN2O2S/c1-3-4-5-6-7-8-9-10-11-12-19-35-29-27(17-14-18-28(29)31)30(34)32-26-16-13-15-25(20-26)22-33-21-24(2)36-23-33/h13-18,20-21,23H,3-12,19,22H2,1-2H3/p+1. The maximum absolute atomic E-state index is 14.6. The molecule has 1 aromatic heterocycles. The molecule has 0 aliphatic heterocycles. The Balaban J connectivity index is 1.47. The van der Waals surface area contributed by atoms with Gasteiger partial charge in [-0.3, -0.25) is 4.79 Å². The van der Waals surface area contributed by atoms with Gasteiger partial charge in [-0.15, -0.1) is 0 Å². The van der Waals surface area contributed by atoms with Crippen molar-refractivity contribution in [1.29, 1.82) is 0 Å². The van der Waals surface area contributed by atoms with E-state index in [1.807, 2.05) is 24.3 Å². The number of rotatable bonds is 16. The molecule has 1 N–H and O–H groups in total. The summed E-state index contributed by atoms with van der Waals surface area (Å²) in [5.41, 5.74) is 4.04. The normalized spacial score (nSPS) is 11.0. The van der Waals surface area contributed by atoms with Crippen LogP contribution in [0.15, 0.2) is 54.2 Å². The van der Waals surface area contributed by atoms with Gasteiger partial charge in [0.2, 0.25) is 5.51 Å². The summed E-state index contributed by atoms with van der Waals surface area (Å²) in [5.74, 6) is -0.845. The van der Waals surface area contributed by atoms with Gasteiger partial charge in [0.25, 0.3) is 5.91 Å². The highest BCUT2D eigenvalue weighted by Gasteiger charge is 2.17. The summed E-state index contributed by atoms with van der Waals surface area (Å²) in [6, 6.07) is 12.2. The molecule has 0 unspecified atom stereocenters. The first kappa shape index (κ1) is 27.9. The Morgan fingerprint density at radius 3 is 2.36 bits per heavy atom. The number of thiazole rings is 1. The summed E-state index contributed by atoms with van der Waals surface area (Å²) in [6.45, 7) is 5.45. The topological polar surface area (TPSA) is 42.2 Å². The second-order valence-electron chi connectivity index (χ2n) is 9.44. The molecule has 1 amide bonds. The van der Waals surface area contributed by atoms with Gasteiger partial charge < -0.3 is 10.1 Å². The molecule has 0 fully saturated rings. The van der Waals surface area contributed by atoms with Gasteiger partial charge in [-0.05, 0) is 37.6 Å². The number of anilines is 1. The first-order valence-corrected chi connectivity index (χ1v) is 14.2. The lowest BCUT2D eigenvalue weighted by Gasteiger charge is -2.13. The summed E-state index contributed by atoms with van der Waals surface area (Å²) in [6.07, 6.45) is 14.3. The maximum atomic E-state index is 14.6. The van der Waals surface area contributed by atoms with Crippen LogP contribution in [0.5, 0.6) is 5.75 Å². The van der Waals surface area contributed by atoms with Crippen LogP contribution < -0.4 is 14.6 Å². The van der Waals surface area contributed by atoms with E-state index in [0.717, 1.165) is 24.9 Å². The van der Waals surface area contributed by atoms with E-state index in [1.165, 1.54) is 62.3 Å². The van der Waals surface area contributed by atoms with Crippen molar-refractivity contribution in [3.8, 4) is 5.75 Å². The molecule has 0 aliphatic carbocycles. The lowest BCUT2D eigenvalue weighted by Crippen LogP contribution is -2.30. The second-order valence-corrected chi connectivity index (χ2v) is 10.5. The molecule has 2 aromatic carbocycles. The first-order chi connectivity index (χ1) is 17.6. The number of halogens is 1. The van der Waals surface area contributed by atoms with E-state index in [4.69, 9.17) is 4.74 Å². The minimum atomic E-state index is -0.507. The quantitative estimate of drug-likeness (QED) is 0.156. The highest BCUT2D eigenvalue weighted by atomic mass is 32.1. The molecule has 3 rings (SSSR count). The number of nitrogens with one attached hydrogen (secondary N) is 1. The first-order valence-electron chi connectivity index (χ1n) is 13.3. The van der Waals surface area contributed by atoms with Crippen molar-refractivity contribution in [3.63, 3.8) is 0 Å². The monoisotopic (exact) mass is 511 g/mol. The molecule has 0 bridgehead atoms. The molecule has 0 aliphatic rings. The lowest BCUT2D eigenvalue weighted by molar-refractivity contribution is -0.683. The number of hydrogen-bond donors (Lipinski definition) is 1. The van der Waals surface area contributed by atoms with E-state index in [-0.39, 0.29) is 17.2 Å². The fourth-order valence-corrected chi connectivity index (χ4v) is 4.92. The molecule has 3 aromatic rings. The minimum absolute atomic E-state index is 0.0337. The Kier molecular flexibility index (Phi) is 11.9. The summed E-state index contributed by atoms with van der Waals surface area (Å²) in [7, 11) is 0. The van der Waals surface area contributed by atoms with Crippen LogP contribution >= 0.6 is 11.3 Å². The number of unbranched alkanes of at least 4 members (excludes halogenated alkanes) is 9. The summed E-state index contributed by atoms with van der Waals surface area (Å²) < 4.78 is 22.4. The molecule has 0 radical (unpaired) electrons. The predicted octanol–water partition coefficient (Wildman–Crippen LogP) is 8.08. The number of nitrogens with zero attached hydrogens (tertiary/aromatic N) is 1. The molecule has 0 spiro atoms. The number of aryl methyl sites for hydroxylation is 1. The van der Waals surface area contributed by atoms with Crippen LogP contribution in [0.3, 0.4) is 0 Å². The Morgan fingerprint density at radius 1 is 0.972 bits per heavy atom. The van der Waals surface area contributed by atoms with Crippen molar-refractivity contribution in [2.45, 2.75) is 84.6 Å². The fraction of sp³-hybridized carbons (Fsp3) is 0.467. The molecule has 36 heavy (non-hydrogen) atoms. The molecule has 0 saturated heterocycles. The smallest absolute Gasteiger partial charge is 0.259 e. The predicted molar refractivity (Wildman–Crippen MR) is 146 cm³/mol. The number of aromatic nitrogens is 1. The summed E-state index contributed by atoms with van der Waals surface area (Å²) in [4.78, 5) is 14.2. The van der Waals surface area contributed by atoms with E-state index in [2.05, 4.69) is 35.4 Å². The van der Waals surface area contributed by atoms with Crippen molar-refractivity contribution in [2.24, 2.45) is 0 Å². The largest absolute Gasteiger partial charge is 0.490 e. The molecule has 4 nitrogen and oxygen atoms in total. The van der Waals surface area contributed by atoms with Gasteiger partial charge in [-0.1, -0.05) is 94.2 Å². The average Bonchev–Trinajstić information content (AvgIpc) is 3.27. The number of carbonyl (C=O) groups is 1. The van der Waals surface area contributed by atoms with Crippen LogP contribution in [0.25, 0.3) is 0 Å². The number of ether oxygens (including phenoxy) is 1. The third-order valence-corrected chi connectivity index (χ3v) is 7.08. The van der Waals surface area contributed by atoms with Crippen LogP contribution in [-0.2, 0) is 6.54 Å². The fourth-order valence-electron chi connectivity index (χ4n) is 4.28. The van der Waals surface area contributed by atoms with Gasteiger partial charge >= 0.3 is 0 Å². The van der Waals surface area contributed by atoms with Crippen molar-refractivity contribution in [3.05, 3.63) is 76.0 Å². The van der Waals surface area contributed by atoms with Crippen LogP contribution in [0, 0.1) is 12.7 Å². The third kappa shape index (κ3) is 9.38. The van der Waals surface area contributed by atoms with E-state index < -0.39 is 5.82 Å². The minimum Gasteiger partial charge on any atom is -0.490 e. The van der Waals surface area contributed by atoms with Crippen molar-refractivity contribution < 1.29 is 18.5 Å². The van der Waals surface area contributed by atoms with Crippen LogP contribution in [0.1, 0.15) is 91.9 Å². The molecular formula is C30H40FN2O2S+. The molecule has 6 heteroatoms. The van der Waals surface area contributed by atoms with E-state index >= 15 is 0 Å². The molecule has 1 heterocycles. The van der Waals surface area contributed by atoms with Gasteiger partial charge in [0, 0.05) is 11.3 Å². The third-order valence-electron chi connectivity index (χ3n) is 6.23. The highest BCUT2D eigenvalue weighted by molar-refractivity contribution is 7.09. The molecule has 194 valence electrons. The Hall–Kier alpha value is -2.73. The zero-order valence-electron chi connectivity index (χ0n) is 21.7. The van der Waals surface area contributed by atoms with Crippen molar-refractivity contribution in [1.82, 2.24) is 0 Å². The van der Waals surface area contributed by atoms with Crippen LogP contribution in [0.2, 0.25) is 0 Å². The highest BCUT2D eigenvalue weighted by Crippen LogP contribution is 2.25. The molecule has 0 atom stereocenters. The van der Waals surface area contributed by atoms with E-state index in [1.54, 1.807) is 23.5 Å². The van der Waals surface area contributed by atoms with Gasteiger partial charge in [0.05, 0.1) is 17.0 Å². The SMILES string of the molecule is CCCCCCCCCCCCOc1c(F)cccc1C(=O)Nc1cccc(C[n+]2csc(C)c2)c1. The zero-order chi connectivity index (χ0) is 25.6. The molecule has 0 saturated carbocycles. The van der Waals surface area contributed by atoms with Crippen LogP contribution in [0.4, 0.5) is 10.1 Å². The summed E-state index contributed by atoms with van der Waals surface area (Å²) in [5, 5.41) is 2.91. The average molecular weight is 512 g/mol. The lowest BCUT2D eigenvalue weighted by atomic mass is 10.1. The molecular weight excluding hydrogens is 471 g/mol. The zero-order valence-corrected chi connectivity index (χ0v) is 22.5. The Bertz CT molecular complexity index is 1080. The number of para-hydroxylation sites is 1. The Morgan fingerprint density at radius 2 is 1.67 bits per heavy atom. The van der Waals surface area contributed by atoms with E-state index in [0.29, 0.717) is 12.3 Å². The number of benzene rings is 2. The van der Waals surface area contributed by atoms with Gasteiger partial charge in [-0.25, -0.2) is 4.39 Å². The maximum Gasteiger partial charge on any atom is 0.259 e. The van der Waals surface area contributed by atoms with E-state index in [9.17, 15) is 9.18 Å². The second kappa shape index (κ2) is 15.4. The number of carbonyl (C=O) groups excluding carboxylic acids is 1. The van der Waals surface area contributed by atoms with Gasteiger partial charge in [-0.2, -0.15) is 4.57 Å². The number of amides is 1. The van der Waals surface area contributed by atoms with Gasteiger partial charge in [0.1, 0.15) is 0 Å². The Labute approximate surface area is 219 Å². The van der Waals surface area contributed by atoms with Crippen LogP contribution in [-0.4, -0.2) is 12.5 Å². The summed E-state index contributed by atoms with van der Waals surface area (Å²) >= 11 is 1.70.